The lowest BCUT2D eigenvalue weighted by Crippen LogP contribution is -2.27. The average Bonchev–Trinajstić information content (AvgIpc) is 3.18. The van der Waals surface area contributed by atoms with Crippen molar-refractivity contribution < 1.29 is 9.32 Å². The summed E-state index contributed by atoms with van der Waals surface area (Å²) in [5.41, 5.74) is 0.942. The van der Waals surface area contributed by atoms with Gasteiger partial charge < -0.3 is 9.42 Å². The molecule has 1 amide bonds. The van der Waals surface area contributed by atoms with Crippen molar-refractivity contribution in [3.63, 3.8) is 0 Å². The molecule has 1 aliphatic rings. The summed E-state index contributed by atoms with van der Waals surface area (Å²) in [5.74, 6) is 2.73. The van der Waals surface area contributed by atoms with E-state index in [0.717, 1.165) is 36.4 Å². The van der Waals surface area contributed by atoms with Gasteiger partial charge in [-0.25, -0.2) is 0 Å². The van der Waals surface area contributed by atoms with Crippen LogP contribution < -0.4 is 0 Å². The molecular formula is C21H44N2O2. The van der Waals surface area contributed by atoms with Gasteiger partial charge in [0, 0.05) is 25.6 Å². The van der Waals surface area contributed by atoms with E-state index in [9.17, 15) is 4.79 Å². The minimum atomic E-state index is 0.310. The Morgan fingerprint density at radius 3 is 1.92 bits per heavy atom. The Kier molecular flexibility index (Phi) is 21.7. The summed E-state index contributed by atoms with van der Waals surface area (Å²) in [6, 6.07) is 1.89. The van der Waals surface area contributed by atoms with Gasteiger partial charge in [-0.15, -0.1) is 0 Å². The molecule has 0 bridgehead atoms. The Morgan fingerprint density at radius 2 is 1.72 bits per heavy atom. The van der Waals surface area contributed by atoms with Gasteiger partial charge >= 0.3 is 0 Å². The van der Waals surface area contributed by atoms with Crippen LogP contribution in [-0.2, 0) is 4.79 Å². The van der Waals surface area contributed by atoms with E-state index in [4.69, 9.17) is 4.52 Å². The highest BCUT2D eigenvalue weighted by molar-refractivity contribution is 5.76. The van der Waals surface area contributed by atoms with Crippen molar-refractivity contribution >= 4 is 5.91 Å². The molecule has 1 atom stereocenters. The number of hydrogen-bond donors (Lipinski definition) is 0. The van der Waals surface area contributed by atoms with E-state index in [1.54, 1.807) is 0 Å². The Morgan fingerprint density at radius 1 is 1.24 bits per heavy atom. The van der Waals surface area contributed by atoms with Crippen molar-refractivity contribution in [3.8, 4) is 0 Å². The van der Waals surface area contributed by atoms with Crippen LogP contribution in [0.5, 0.6) is 0 Å². The topological polar surface area (TPSA) is 46.3 Å². The van der Waals surface area contributed by atoms with Crippen LogP contribution in [0.3, 0.4) is 0 Å². The first-order valence-corrected chi connectivity index (χ1v) is 9.93. The van der Waals surface area contributed by atoms with Crippen LogP contribution in [0.25, 0.3) is 0 Å². The zero-order valence-electron chi connectivity index (χ0n) is 18.8. The molecular weight excluding hydrogens is 312 g/mol. The molecule has 0 radical (unpaired) electrons. The zero-order chi connectivity index (χ0) is 20.4. The molecule has 1 unspecified atom stereocenters. The lowest BCUT2D eigenvalue weighted by Gasteiger charge is -2.13. The van der Waals surface area contributed by atoms with Crippen molar-refractivity contribution in [1.29, 1.82) is 0 Å². The normalized spacial score (nSPS) is 14.7. The van der Waals surface area contributed by atoms with E-state index < -0.39 is 0 Å². The van der Waals surface area contributed by atoms with Crippen molar-refractivity contribution in [2.24, 2.45) is 11.8 Å². The molecule has 25 heavy (non-hydrogen) atoms. The number of carbonyl (C=O) groups excluding carboxylic acids is 1. The summed E-state index contributed by atoms with van der Waals surface area (Å²) in [5, 5.41) is 3.64. The number of aryl methyl sites for hydroxylation is 2. The summed E-state index contributed by atoms with van der Waals surface area (Å²) in [4.78, 5) is 13.0. The largest absolute Gasteiger partial charge is 0.361 e. The second-order valence-corrected chi connectivity index (χ2v) is 6.40. The number of nitrogens with zero attached hydrogens (tertiary/aromatic N) is 2. The van der Waals surface area contributed by atoms with Crippen LogP contribution in [0.4, 0.5) is 0 Å². The molecule has 4 nitrogen and oxygen atoms in total. The highest BCUT2D eigenvalue weighted by Crippen LogP contribution is 2.15. The number of amides is 1. The molecule has 0 aromatic carbocycles. The first-order chi connectivity index (χ1) is 11.8. The molecule has 150 valence electrons. The highest BCUT2D eigenvalue weighted by atomic mass is 16.5. The Bertz CT molecular complexity index is 381. The molecule has 1 fully saturated rings. The second-order valence-electron chi connectivity index (χ2n) is 6.40. The van der Waals surface area contributed by atoms with E-state index in [2.05, 4.69) is 32.9 Å². The quantitative estimate of drug-likeness (QED) is 0.595. The molecule has 0 saturated carbocycles. The minimum Gasteiger partial charge on any atom is -0.361 e. The molecule has 0 N–H and O–H groups in total. The monoisotopic (exact) mass is 356 g/mol. The van der Waals surface area contributed by atoms with E-state index >= 15 is 0 Å². The summed E-state index contributed by atoms with van der Waals surface area (Å²) >= 11 is 0. The van der Waals surface area contributed by atoms with E-state index in [1.165, 1.54) is 6.42 Å². The maximum atomic E-state index is 11.1. The molecule has 1 saturated heterocycles. The van der Waals surface area contributed by atoms with Gasteiger partial charge in [0.05, 0.1) is 5.69 Å². The summed E-state index contributed by atoms with van der Waals surface area (Å²) in [6.07, 6.45) is 1.85. The fraction of sp³-hybridized carbons (Fsp3) is 0.810. The van der Waals surface area contributed by atoms with Crippen LogP contribution in [0, 0.1) is 25.7 Å². The Labute approximate surface area is 157 Å². The SMILES string of the molecule is CC.CC.CC(C)C.CCC(=O)N1CCC(C)C1.Cc1cc(C)on1. The third-order valence-corrected chi connectivity index (χ3v) is 2.82. The molecule has 2 rings (SSSR count). The van der Waals surface area contributed by atoms with Crippen LogP contribution in [-0.4, -0.2) is 29.1 Å². The second kappa shape index (κ2) is 19.0. The number of likely N-dealkylation sites (tertiary alicyclic amines) is 1. The third kappa shape index (κ3) is 18.9. The molecule has 0 spiro atoms. The molecule has 4 heteroatoms. The number of hydrogen-bond acceptors (Lipinski definition) is 3. The lowest BCUT2D eigenvalue weighted by molar-refractivity contribution is -0.129. The molecule has 1 aromatic heterocycles. The van der Waals surface area contributed by atoms with E-state index in [-0.39, 0.29) is 0 Å². The maximum absolute atomic E-state index is 11.1. The first-order valence-electron chi connectivity index (χ1n) is 9.93. The highest BCUT2D eigenvalue weighted by Gasteiger charge is 2.21. The van der Waals surface area contributed by atoms with Crippen LogP contribution >= 0.6 is 0 Å². The number of aromatic nitrogens is 1. The van der Waals surface area contributed by atoms with Crippen molar-refractivity contribution in [2.45, 2.75) is 89.0 Å². The van der Waals surface area contributed by atoms with Gasteiger partial charge in [-0.2, -0.15) is 0 Å². The summed E-state index contributed by atoms with van der Waals surface area (Å²) in [7, 11) is 0. The predicted octanol–water partition coefficient (Wildman–Crippen LogP) is 6.27. The van der Waals surface area contributed by atoms with Crippen LogP contribution in [0.1, 0.15) is 86.6 Å². The molecule has 0 aliphatic carbocycles. The molecule has 1 aromatic rings. The van der Waals surface area contributed by atoms with Gasteiger partial charge in [0.2, 0.25) is 5.91 Å². The first kappa shape index (κ1) is 28.5. The van der Waals surface area contributed by atoms with Crippen molar-refractivity contribution in [2.75, 3.05) is 13.1 Å². The summed E-state index contributed by atoms with van der Waals surface area (Å²) in [6.45, 7) is 24.4. The third-order valence-electron chi connectivity index (χ3n) is 2.82. The van der Waals surface area contributed by atoms with Gasteiger partial charge in [-0.1, -0.05) is 67.5 Å². The van der Waals surface area contributed by atoms with E-state index in [0.29, 0.717) is 12.3 Å². The van der Waals surface area contributed by atoms with Crippen LogP contribution in [0.15, 0.2) is 10.6 Å². The standard InChI is InChI=1S/C8H15NO.C5H7NO.C4H10.2C2H6/c1-3-8(10)9-5-4-7(2)6-9;1-4-3-5(2)7-6-4;1-4(2)3;2*1-2/h7H,3-6H2,1-2H3;3H,1-2H3;4H,1-3H3;2*1-2H3. The predicted molar refractivity (Wildman–Crippen MR) is 110 cm³/mol. The van der Waals surface area contributed by atoms with Gasteiger partial charge in [0.15, 0.2) is 0 Å². The van der Waals surface area contributed by atoms with Crippen molar-refractivity contribution in [1.82, 2.24) is 10.1 Å². The minimum absolute atomic E-state index is 0.310. The lowest BCUT2D eigenvalue weighted by atomic mass is 10.2. The summed E-state index contributed by atoms with van der Waals surface area (Å²) < 4.78 is 4.71. The fourth-order valence-electron chi connectivity index (χ4n) is 1.88. The fourth-order valence-corrected chi connectivity index (χ4v) is 1.88. The van der Waals surface area contributed by atoms with Gasteiger partial charge in [-0.3, -0.25) is 4.79 Å². The zero-order valence-corrected chi connectivity index (χ0v) is 18.8. The van der Waals surface area contributed by atoms with Gasteiger partial charge in [0.1, 0.15) is 5.76 Å². The van der Waals surface area contributed by atoms with Crippen LogP contribution in [0.2, 0.25) is 0 Å². The van der Waals surface area contributed by atoms with Crippen molar-refractivity contribution in [3.05, 3.63) is 17.5 Å². The number of carbonyl (C=O) groups is 1. The number of rotatable bonds is 1. The van der Waals surface area contributed by atoms with E-state index in [1.807, 2.05) is 59.4 Å². The molecule has 2 heterocycles. The maximum Gasteiger partial charge on any atom is 0.222 e. The van der Waals surface area contributed by atoms with Gasteiger partial charge in [0.25, 0.3) is 0 Å². The van der Waals surface area contributed by atoms with Gasteiger partial charge in [-0.05, 0) is 32.1 Å². The average molecular weight is 357 g/mol. The molecule has 1 aliphatic heterocycles. The smallest absolute Gasteiger partial charge is 0.222 e. The Balaban J connectivity index is -0.000000283. The Hall–Kier alpha value is -1.32.